The van der Waals surface area contributed by atoms with Crippen LogP contribution in [0.1, 0.15) is 10.4 Å². The highest BCUT2D eigenvalue weighted by atomic mass is 16.5. The van der Waals surface area contributed by atoms with Crippen LogP contribution in [0.15, 0.2) is 63.8 Å². The van der Waals surface area contributed by atoms with E-state index in [9.17, 15) is 9.59 Å². The third-order valence-corrected chi connectivity index (χ3v) is 3.29. The van der Waals surface area contributed by atoms with Gasteiger partial charge in [0.1, 0.15) is 11.3 Å². The first-order valence-electron chi connectivity index (χ1n) is 6.90. The van der Waals surface area contributed by atoms with Crippen LogP contribution in [0.3, 0.4) is 0 Å². The molecule has 116 valence electrons. The summed E-state index contributed by atoms with van der Waals surface area (Å²) in [6.45, 7) is 0. The number of carbonyl (C=O) groups is 1. The predicted octanol–water partition coefficient (Wildman–Crippen LogP) is 2.56. The van der Waals surface area contributed by atoms with Crippen molar-refractivity contribution in [3.8, 4) is 5.75 Å². The molecule has 0 radical (unpaired) electrons. The van der Waals surface area contributed by atoms with Crippen molar-refractivity contribution in [2.24, 2.45) is 0 Å². The molecule has 0 fully saturated rings. The largest absolute Gasteiger partial charge is 0.497 e. The lowest BCUT2D eigenvalue weighted by atomic mass is 10.1. The molecule has 1 aromatic heterocycles. The molecule has 3 aromatic rings. The Morgan fingerprint density at radius 2 is 1.87 bits per heavy atom. The summed E-state index contributed by atoms with van der Waals surface area (Å²) in [4.78, 5) is 24.0. The molecule has 0 aliphatic rings. The minimum atomic E-state index is -0.601. The van der Waals surface area contributed by atoms with Gasteiger partial charge in [-0.3, -0.25) is 15.6 Å². The van der Waals surface area contributed by atoms with E-state index < -0.39 is 11.5 Å². The van der Waals surface area contributed by atoms with Crippen molar-refractivity contribution in [1.82, 2.24) is 5.43 Å². The van der Waals surface area contributed by atoms with Gasteiger partial charge in [0.25, 0.3) is 5.91 Å². The first-order chi connectivity index (χ1) is 11.2. The van der Waals surface area contributed by atoms with Gasteiger partial charge in [-0.05, 0) is 24.3 Å². The van der Waals surface area contributed by atoms with E-state index in [0.29, 0.717) is 16.7 Å². The fraction of sp³-hybridized carbons (Fsp3) is 0.0588. The minimum Gasteiger partial charge on any atom is -0.497 e. The lowest BCUT2D eigenvalue weighted by Crippen LogP contribution is -2.30. The standard InChI is InChI=1S/C17H14N2O4/c1-22-12-7-8-13-14(10-16(20)23-15(13)9-12)17(21)19-18-11-5-3-2-4-6-11/h2-10,18H,1H3,(H,19,21). The van der Waals surface area contributed by atoms with Crippen LogP contribution in [0.5, 0.6) is 5.75 Å². The van der Waals surface area contributed by atoms with Gasteiger partial charge in [0.15, 0.2) is 0 Å². The van der Waals surface area contributed by atoms with Gasteiger partial charge < -0.3 is 9.15 Å². The number of benzene rings is 2. The number of amides is 1. The topological polar surface area (TPSA) is 80.6 Å². The predicted molar refractivity (Wildman–Crippen MR) is 86.6 cm³/mol. The second-order valence-electron chi connectivity index (χ2n) is 4.79. The highest BCUT2D eigenvalue weighted by Crippen LogP contribution is 2.22. The van der Waals surface area contributed by atoms with Crippen molar-refractivity contribution >= 4 is 22.6 Å². The molecule has 6 nitrogen and oxygen atoms in total. The number of hydrogen-bond donors (Lipinski definition) is 2. The van der Waals surface area contributed by atoms with E-state index in [4.69, 9.17) is 9.15 Å². The third kappa shape index (κ3) is 3.16. The molecular formula is C17H14N2O4. The van der Waals surface area contributed by atoms with Crippen LogP contribution in [-0.2, 0) is 0 Å². The number of methoxy groups -OCH3 is 1. The lowest BCUT2D eigenvalue weighted by molar-refractivity contribution is 0.0963. The molecule has 0 aliphatic heterocycles. The molecule has 0 aliphatic carbocycles. The van der Waals surface area contributed by atoms with Crippen molar-refractivity contribution in [3.63, 3.8) is 0 Å². The van der Waals surface area contributed by atoms with Gasteiger partial charge in [-0.15, -0.1) is 0 Å². The molecule has 0 atom stereocenters. The molecule has 3 rings (SSSR count). The zero-order chi connectivity index (χ0) is 16.2. The summed E-state index contributed by atoms with van der Waals surface area (Å²) in [5.74, 6) is 0.109. The summed E-state index contributed by atoms with van der Waals surface area (Å²) < 4.78 is 10.2. The van der Waals surface area contributed by atoms with Crippen LogP contribution in [0.2, 0.25) is 0 Å². The van der Waals surface area contributed by atoms with E-state index >= 15 is 0 Å². The molecule has 0 unspecified atom stereocenters. The molecule has 23 heavy (non-hydrogen) atoms. The Morgan fingerprint density at radius 1 is 1.09 bits per heavy atom. The Bertz CT molecular complexity index is 903. The number of hydrogen-bond acceptors (Lipinski definition) is 5. The highest BCUT2D eigenvalue weighted by molar-refractivity contribution is 6.06. The van der Waals surface area contributed by atoms with E-state index in [0.717, 1.165) is 11.8 Å². The van der Waals surface area contributed by atoms with Crippen molar-refractivity contribution in [2.45, 2.75) is 0 Å². The molecule has 1 heterocycles. The van der Waals surface area contributed by atoms with Crippen LogP contribution in [0, 0.1) is 0 Å². The van der Waals surface area contributed by atoms with Crippen LogP contribution in [0.4, 0.5) is 5.69 Å². The van der Waals surface area contributed by atoms with Crippen molar-refractivity contribution in [2.75, 3.05) is 12.5 Å². The van der Waals surface area contributed by atoms with E-state index in [1.54, 1.807) is 18.2 Å². The third-order valence-electron chi connectivity index (χ3n) is 3.29. The van der Waals surface area contributed by atoms with Gasteiger partial charge in [0.05, 0.1) is 18.4 Å². The van der Waals surface area contributed by atoms with Crippen LogP contribution < -0.4 is 21.2 Å². The molecule has 0 saturated heterocycles. The van der Waals surface area contributed by atoms with Gasteiger partial charge >= 0.3 is 5.63 Å². The number of para-hydroxylation sites is 1. The first-order valence-corrected chi connectivity index (χ1v) is 6.90. The molecular weight excluding hydrogens is 296 g/mol. The van der Waals surface area contributed by atoms with Gasteiger partial charge in [-0.25, -0.2) is 4.79 Å². The Balaban J connectivity index is 1.92. The zero-order valence-electron chi connectivity index (χ0n) is 12.3. The molecule has 2 N–H and O–H groups in total. The SMILES string of the molecule is COc1ccc2c(C(=O)NNc3ccccc3)cc(=O)oc2c1. The van der Waals surface area contributed by atoms with Gasteiger partial charge in [-0.2, -0.15) is 0 Å². The fourth-order valence-corrected chi connectivity index (χ4v) is 2.18. The Morgan fingerprint density at radius 3 is 2.61 bits per heavy atom. The molecule has 0 spiro atoms. The first kappa shape index (κ1) is 14.6. The number of carbonyl (C=O) groups excluding carboxylic acids is 1. The number of fused-ring (bicyclic) bond motifs is 1. The Hall–Kier alpha value is -3.28. The van der Waals surface area contributed by atoms with Crippen LogP contribution >= 0.6 is 0 Å². The van der Waals surface area contributed by atoms with Crippen LogP contribution in [0.25, 0.3) is 11.0 Å². The lowest BCUT2D eigenvalue weighted by Gasteiger charge is -2.10. The minimum absolute atomic E-state index is 0.224. The van der Waals surface area contributed by atoms with E-state index in [1.807, 2.05) is 30.3 Å². The monoisotopic (exact) mass is 310 g/mol. The van der Waals surface area contributed by atoms with Gasteiger partial charge in [-0.1, -0.05) is 18.2 Å². The fourth-order valence-electron chi connectivity index (χ4n) is 2.18. The maximum atomic E-state index is 12.4. The summed E-state index contributed by atoms with van der Waals surface area (Å²) in [6.07, 6.45) is 0. The Kier molecular flexibility index (Phi) is 3.97. The average molecular weight is 310 g/mol. The normalized spacial score (nSPS) is 10.3. The maximum Gasteiger partial charge on any atom is 0.337 e. The summed E-state index contributed by atoms with van der Waals surface area (Å²) in [7, 11) is 1.51. The summed E-state index contributed by atoms with van der Waals surface area (Å²) in [5.41, 5.74) is 6.00. The number of rotatable bonds is 4. The average Bonchev–Trinajstić information content (AvgIpc) is 2.59. The van der Waals surface area contributed by atoms with Crippen molar-refractivity contribution in [1.29, 1.82) is 0 Å². The van der Waals surface area contributed by atoms with E-state index in [-0.39, 0.29) is 5.56 Å². The second kappa shape index (κ2) is 6.23. The molecule has 6 heteroatoms. The molecule has 0 saturated carbocycles. The number of nitrogens with one attached hydrogen (secondary N) is 2. The van der Waals surface area contributed by atoms with Gasteiger partial charge in [0, 0.05) is 17.5 Å². The molecule has 2 aromatic carbocycles. The number of anilines is 1. The summed E-state index contributed by atoms with van der Waals surface area (Å²) >= 11 is 0. The molecule has 1 amide bonds. The van der Waals surface area contributed by atoms with Gasteiger partial charge in [0.2, 0.25) is 0 Å². The maximum absolute atomic E-state index is 12.4. The highest BCUT2D eigenvalue weighted by Gasteiger charge is 2.13. The Labute approximate surface area is 131 Å². The smallest absolute Gasteiger partial charge is 0.337 e. The van der Waals surface area contributed by atoms with E-state index in [2.05, 4.69) is 10.9 Å². The quantitative estimate of drug-likeness (QED) is 0.572. The van der Waals surface area contributed by atoms with Crippen molar-refractivity contribution < 1.29 is 13.9 Å². The summed E-state index contributed by atoms with van der Waals surface area (Å²) in [5, 5.41) is 0.526. The molecule has 0 bridgehead atoms. The number of ether oxygens (including phenoxy) is 1. The van der Waals surface area contributed by atoms with Crippen molar-refractivity contribution in [3.05, 3.63) is 70.6 Å². The zero-order valence-corrected chi connectivity index (χ0v) is 12.3. The van der Waals surface area contributed by atoms with E-state index in [1.165, 1.54) is 7.11 Å². The van der Waals surface area contributed by atoms with Crippen LogP contribution in [-0.4, -0.2) is 13.0 Å². The summed E-state index contributed by atoms with van der Waals surface area (Å²) in [6, 6.07) is 15.3. The number of hydrazine groups is 1. The second-order valence-corrected chi connectivity index (χ2v) is 4.79.